The Labute approximate surface area is 158 Å². The van der Waals surface area contributed by atoms with Gasteiger partial charge in [-0.3, -0.25) is 9.59 Å². The molecule has 2 aliphatic rings. The molecule has 27 heavy (non-hydrogen) atoms. The van der Waals surface area contributed by atoms with Gasteiger partial charge in [0, 0.05) is 44.0 Å². The monoisotopic (exact) mass is 367 g/mol. The maximum Gasteiger partial charge on any atom is 0.291 e. The minimum Gasteiger partial charge on any atom is -0.339 e. The van der Waals surface area contributed by atoms with Gasteiger partial charge in [0.25, 0.3) is 11.8 Å². The molecule has 0 bridgehead atoms. The van der Waals surface area contributed by atoms with Crippen molar-refractivity contribution in [2.75, 3.05) is 25.0 Å². The van der Waals surface area contributed by atoms with E-state index in [1.54, 1.807) is 30.5 Å². The number of carbonyl (C=O) groups is 2. The van der Waals surface area contributed by atoms with E-state index in [1.807, 2.05) is 9.47 Å². The Kier molecular flexibility index (Phi) is 4.94. The van der Waals surface area contributed by atoms with E-state index in [2.05, 4.69) is 22.5 Å². The minimum atomic E-state index is -0.229. The largest absolute Gasteiger partial charge is 0.339 e. The molecule has 7 heteroatoms. The van der Waals surface area contributed by atoms with E-state index in [-0.39, 0.29) is 11.8 Å². The number of benzene rings is 1. The first-order valence-electron chi connectivity index (χ1n) is 9.57. The third kappa shape index (κ3) is 3.73. The van der Waals surface area contributed by atoms with Gasteiger partial charge in [-0.25, -0.2) is 4.98 Å². The molecular formula is C20H25N5O2. The zero-order valence-electron chi connectivity index (χ0n) is 15.6. The Morgan fingerprint density at radius 2 is 1.89 bits per heavy atom. The molecule has 0 saturated carbocycles. The first-order valence-corrected chi connectivity index (χ1v) is 9.57. The summed E-state index contributed by atoms with van der Waals surface area (Å²) in [5, 5.41) is 6.14. The van der Waals surface area contributed by atoms with Crippen LogP contribution in [0.25, 0.3) is 0 Å². The van der Waals surface area contributed by atoms with Crippen molar-refractivity contribution in [2.45, 2.75) is 32.9 Å². The number of aromatic nitrogens is 2. The van der Waals surface area contributed by atoms with Crippen molar-refractivity contribution < 1.29 is 9.59 Å². The number of anilines is 1. The fourth-order valence-electron chi connectivity index (χ4n) is 3.67. The quantitative estimate of drug-likeness (QED) is 0.871. The maximum atomic E-state index is 12.6. The van der Waals surface area contributed by atoms with Crippen LogP contribution in [0.5, 0.6) is 0 Å². The standard InChI is InChI=1S/C20H25N5O2/c1-14-6-9-24(10-7-14)20(27)15-2-4-16(5-3-15)23-19(26)18-22-13-17-12-21-8-11-25(17)18/h2-5,13-14,21H,6-12H2,1H3,(H,23,26). The SMILES string of the molecule is CC1CCN(C(=O)c2ccc(NC(=O)c3ncc4n3CCNC4)cc2)CC1. The highest BCUT2D eigenvalue weighted by molar-refractivity contribution is 6.02. The second kappa shape index (κ2) is 7.52. The van der Waals surface area contributed by atoms with Gasteiger partial charge in [0.2, 0.25) is 0 Å². The number of nitrogens with one attached hydrogen (secondary N) is 2. The lowest BCUT2D eigenvalue weighted by Gasteiger charge is -2.30. The van der Waals surface area contributed by atoms with Crippen molar-refractivity contribution in [2.24, 2.45) is 5.92 Å². The molecule has 0 spiro atoms. The first kappa shape index (κ1) is 17.7. The summed E-state index contributed by atoms with van der Waals surface area (Å²) in [5.74, 6) is 0.951. The molecule has 4 rings (SSSR count). The van der Waals surface area contributed by atoms with Gasteiger partial charge in [-0.1, -0.05) is 6.92 Å². The molecule has 2 amide bonds. The second-order valence-electron chi connectivity index (χ2n) is 7.41. The molecule has 2 aromatic rings. The van der Waals surface area contributed by atoms with E-state index in [1.165, 1.54) is 0 Å². The molecule has 1 aromatic heterocycles. The number of likely N-dealkylation sites (tertiary alicyclic amines) is 1. The molecular weight excluding hydrogens is 342 g/mol. The van der Waals surface area contributed by atoms with Gasteiger partial charge in [0.15, 0.2) is 5.82 Å². The fraction of sp³-hybridized carbons (Fsp3) is 0.450. The Morgan fingerprint density at radius 3 is 2.63 bits per heavy atom. The van der Waals surface area contributed by atoms with Crippen molar-refractivity contribution >= 4 is 17.5 Å². The van der Waals surface area contributed by atoms with Gasteiger partial charge in [-0.05, 0) is 43.0 Å². The number of hydrogen-bond donors (Lipinski definition) is 2. The van der Waals surface area contributed by atoms with Crippen LogP contribution in [0.2, 0.25) is 0 Å². The van der Waals surface area contributed by atoms with Crippen LogP contribution in [-0.2, 0) is 13.1 Å². The summed E-state index contributed by atoms with van der Waals surface area (Å²) >= 11 is 0. The zero-order chi connectivity index (χ0) is 18.8. The van der Waals surface area contributed by atoms with Gasteiger partial charge in [0.05, 0.1) is 11.9 Å². The predicted molar refractivity (Wildman–Crippen MR) is 103 cm³/mol. The number of nitrogens with zero attached hydrogens (tertiary/aromatic N) is 3. The lowest BCUT2D eigenvalue weighted by molar-refractivity contribution is 0.0697. The number of carbonyl (C=O) groups excluding carboxylic acids is 2. The number of rotatable bonds is 3. The number of hydrogen-bond acceptors (Lipinski definition) is 4. The van der Waals surface area contributed by atoms with Crippen LogP contribution in [0.3, 0.4) is 0 Å². The van der Waals surface area contributed by atoms with E-state index in [4.69, 9.17) is 0 Å². The normalized spacial score (nSPS) is 17.4. The number of piperidine rings is 1. The summed E-state index contributed by atoms with van der Waals surface area (Å²) in [4.78, 5) is 31.3. The summed E-state index contributed by atoms with van der Waals surface area (Å²) < 4.78 is 1.95. The fourth-order valence-corrected chi connectivity index (χ4v) is 3.67. The lowest BCUT2D eigenvalue weighted by atomic mass is 9.98. The predicted octanol–water partition coefficient (Wildman–Crippen LogP) is 2.11. The molecule has 2 aliphatic heterocycles. The molecule has 142 valence electrons. The van der Waals surface area contributed by atoms with E-state index in [0.717, 1.165) is 51.3 Å². The second-order valence-corrected chi connectivity index (χ2v) is 7.41. The highest BCUT2D eigenvalue weighted by atomic mass is 16.2. The average Bonchev–Trinajstić information content (AvgIpc) is 3.13. The van der Waals surface area contributed by atoms with E-state index < -0.39 is 0 Å². The van der Waals surface area contributed by atoms with Crippen LogP contribution in [0, 0.1) is 5.92 Å². The van der Waals surface area contributed by atoms with E-state index in [9.17, 15) is 9.59 Å². The smallest absolute Gasteiger partial charge is 0.291 e. The zero-order valence-corrected chi connectivity index (χ0v) is 15.6. The topological polar surface area (TPSA) is 79.3 Å². The molecule has 3 heterocycles. The molecule has 0 unspecified atom stereocenters. The first-order chi connectivity index (χ1) is 13.1. The van der Waals surface area contributed by atoms with Crippen LogP contribution >= 0.6 is 0 Å². The molecule has 1 fully saturated rings. The Balaban J connectivity index is 1.41. The van der Waals surface area contributed by atoms with Gasteiger partial charge in [-0.15, -0.1) is 0 Å². The number of amides is 2. The Bertz CT molecular complexity index is 835. The van der Waals surface area contributed by atoms with Crippen molar-refractivity contribution in [3.8, 4) is 0 Å². The molecule has 0 atom stereocenters. The van der Waals surface area contributed by atoms with E-state index in [0.29, 0.717) is 23.0 Å². The number of imidazole rings is 1. The summed E-state index contributed by atoms with van der Waals surface area (Å²) in [6.45, 7) is 6.16. The van der Waals surface area contributed by atoms with Crippen LogP contribution in [0.4, 0.5) is 5.69 Å². The molecule has 0 aliphatic carbocycles. The van der Waals surface area contributed by atoms with Crippen LogP contribution in [0.15, 0.2) is 30.5 Å². The molecule has 1 saturated heterocycles. The number of fused-ring (bicyclic) bond motifs is 1. The molecule has 0 radical (unpaired) electrons. The van der Waals surface area contributed by atoms with Crippen molar-refractivity contribution in [3.05, 3.63) is 47.5 Å². The van der Waals surface area contributed by atoms with Crippen LogP contribution in [0.1, 0.15) is 46.4 Å². The highest BCUT2D eigenvalue weighted by Crippen LogP contribution is 2.19. The maximum absolute atomic E-state index is 12.6. The summed E-state index contributed by atoms with van der Waals surface area (Å²) in [6.07, 6.45) is 3.86. The van der Waals surface area contributed by atoms with Gasteiger partial charge >= 0.3 is 0 Å². The Morgan fingerprint density at radius 1 is 1.15 bits per heavy atom. The van der Waals surface area contributed by atoms with Crippen molar-refractivity contribution in [1.82, 2.24) is 19.8 Å². The summed E-state index contributed by atoms with van der Waals surface area (Å²) in [6, 6.07) is 7.11. The highest BCUT2D eigenvalue weighted by Gasteiger charge is 2.22. The van der Waals surface area contributed by atoms with Crippen molar-refractivity contribution in [1.29, 1.82) is 0 Å². The third-order valence-electron chi connectivity index (χ3n) is 5.42. The summed E-state index contributed by atoms with van der Waals surface area (Å²) in [7, 11) is 0. The summed E-state index contributed by atoms with van der Waals surface area (Å²) in [5.41, 5.74) is 2.34. The van der Waals surface area contributed by atoms with Crippen LogP contribution in [-0.4, -0.2) is 45.9 Å². The molecule has 2 N–H and O–H groups in total. The minimum absolute atomic E-state index is 0.0644. The molecule has 7 nitrogen and oxygen atoms in total. The van der Waals surface area contributed by atoms with Gasteiger partial charge in [-0.2, -0.15) is 0 Å². The van der Waals surface area contributed by atoms with Gasteiger partial charge in [0.1, 0.15) is 0 Å². The van der Waals surface area contributed by atoms with Crippen molar-refractivity contribution in [3.63, 3.8) is 0 Å². The van der Waals surface area contributed by atoms with Crippen LogP contribution < -0.4 is 10.6 Å². The van der Waals surface area contributed by atoms with E-state index >= 15 is 0 Å². The Hall–Kier alpha value is -2.67. The average molecular weight is 367 g/mol. The molecule has 1 aromatic carbocycles. The third-order valence-corrected chi connectivity index (χ3v) is 5.42. The van der Waals surface area contributed by atoms with Gasteiger partial charge < -0.3 is 20.1 Å². The lowest BCUT2D eigenvalue weighted by Crippen LogP contribution is -2.37.